The highest BCUT2D eigenvalue weighted by molar-refractivity contribution is 6.31. The second kappa shape index (κ2) is 8.78. The molecule has 0 atom stereocenters. The fraction of sp³-hybridized carbons (Fsp3) is 0.263. The molecule has 1 heterocycles. The van der Waals surface area contributed by atoms with Gasteiger partial charge in [-0.15, -0.1) is 0 Å². The van der Waals surface area contributed by atoms with E-state index in [1.165, 1.54) is 18.2 Å². The van der Waals surface area contributed by atoms with Gasteiger partial charge in [-0.25, -0.2) is 0 Å². The average molecular weight is 420 g/mol. The number of rotatable bonds is 7. The lowest BCUT2D eigenvalue weighted by Crippen LogP contribution is -2.43. The van der Waals surface area contributed by atoms with Gasteiger partial charge in [0.15, 0.2) is 6.61 Å². The van der Waals surface area contributed by atoms with Gasteiger partial charge in [-0.05, 0) is 30.7 Å². The van der Waals surface area contributed by atoms with Crippen LogP contribution >= 0.6 is 11.6 Å². The summed E-state index contributed by atoms with van der Waals surface area (Å²) in [5.41, 5.74) is 0.327. The van der Waals surface area contributed by atoms with E-state index in [4.69, 9.17) is 21.1 Å². The second-order valence-electron chi connectivity index (χ2n) is 6.21. The molecular formula is C19H18ClN3O6. The molecule has 29 heavy (non-hydrogen) atoms. The minimum atomic E-state index is -0.582. The Morgan fingerprint density at radius 1 is 1.34 bits per heavy atom. The van der Waals surface area contributed by atoms with Crippen LogP contribution < -0.4 is 19.7 Å². The average Bonchev–Trinajstić information content (AvgIpc) is 2.69. The normalized spacial score (nSPS) is 12.8. The monoisotopic (exact) mass is 419 g/mol. The molecule has 0 unspecified atom stereocenters. The van der Waals surface area contributed by atoms with E-state index in [2.05, 4.69) is 5.32 Å². The molecule has 2 aromatic rings. The van der Waals surface area contributed by atoms with Crippen LogP contribution in [0.1, 0.15) is 13.3 Å². The van der Waals surface area contributed by atoms with Gasteiger partial charge in [-0.1, -0.05) is 18.5 Å². The summed E-state index contributed by atoms with van der Waals surface area (Å²) in [5.74, 6) is -0.255. The Morgan fingerprint density at radius 2 is 2.14 bits per heavy atom. The van der Waals surface area contributed by atoms with E-state index in [0.29, 0.717) is 23.1 Å². The lowest BCUT2D eigenvalue weighted by molar-refractivity contribution is -0.384. The van der Waals surface area contributed by atoms with Crippen LogP contribution in [0, 0.1) is 10.1 Å². The number of fused-ring (bicyclic) bond motifs is 1. The van der Waals surface area contributed by atoms with Crippen molar-refractivity contribution in [2.75, 3.05) is 30.0 Å². The Hall–Kier alpha value is -3.33. The van der Waals surface area contributed by atoms with Crippen LogP contribution in [0.15, 0.2) is 36.4 Å². The molecule has 0 bridgehead atoms. The van der Waals surface area contributed by atoms with Crippen LogP contribution in [0.3, 0.4) is 0 Å². The number of benzene rings is 2. The van der Waals surface area contributed by atoms with E-state index in [0.717, 1.165) is 11.3 Å². The second-order valence-corrected chi connectivity index (χ2v) is 6.65. The summed E-state index contributed by atoms with van der Waals surface area (Å²) in [6.45, 7) is 1.80. The molecule has 0 radical (unpaired) electrons. The molecule has 2 amide bonds. The number of nitrogens with one attached hydrogen (secondary N) is 1. The molecule has 1 aliphatic rings. The predicted octanol–water partition coefficient (Wildman–Crippen LogP) is 3.40. The number of nitrogens with zero attached hydrogens (tertiary/aromatic N) is 2. The van der Waals surface area contributed by atoms with Gasteiger partial charge in [0.2, 0.25) is 5.91 Å². The van der Waals surface area contributed by atoms with Crippen molar-refractivity contribution in [3.05, 3.63) is 51.5 Å². The maximum Gasteiger partial charge on any atom is 0.271 e. The first kappa shape index (κ1) is 20.4. The van der Waals surface area contributed by atoms with E-state index in [1.807, 2.05) is 6.92 Å². The van der Waals surface area contributed by atoms with Crippen LogP contribution in [0.25, 0.3) is 0 Å². The molecule has 0 saturated heterocycles. The summed E-state index contributed by atoms with van der Waals surface area (Å²) < 4.78 is 10.9. The molecule has 0 aliphatic carbocycles. The Bertz CT molecular complexity index is 965. The van der Waals surface area contributed by atoms with Gasteiger partial charge in [0.05, 0.1) is 22.9 Å². The fourth-order valence-electron chi connectivity index (χ4n) is 2.75. The largest absolute Gasteiger partial charge is 0.491 e. The van der Waals surface area contributed by atoms with E-state index in [1.54, 1.807) is 18.2 Å². The van der Waals surface area contributed by atoms with Gasteiger partial charge in [-0.2, -0.15) is 0 Å². The number of hydrogen-bond donors (Lipinski definition) is 1. The zero-order valence-corrected chi connectivity index (χ0v) is 16.3. The first-order chi connectivity index (χ1) is 13.9. The summed E-state index contributed by atoms with van der Waals surface area (Å²) in [6, 6.07) is 8.71. The van der Waals surface area contributed by atoms with Crippen molar-refractivity contribution in [1.82, 2.24) is 0 Å². The number of ether oxygens (including phenoxy) is 2. The number of anilines is 2. The van der Waals surface area contributed by atoms with E-state index >= 15 is 0 Å². The van der Waals surface area contributed by atoms with Gasteiger partial charge in [0.1, 0.15) is 18.0 Å². The summed E-state index contributed by atoms with van der Waals surface area (Å²) >= 11 is 6.01. The van der Waals surface area contributed by atoms with Crippen LogP contribution in [0.4, 0.5) is 17.1 Å². The smallest absolute Gasteiger partial charge is 0.271 e. The third kappa shape index (κ3) is 4.75. The number of carbonyl (C=O) groups excluding carboxylic acids is 2. The zero-order chi connectivity index (χ0) is 21.0. The molecule has 2 aromatic carbocycles. The third-order valence-electron chi connectivity index (χ3n) is 4.08. The van der Waals surface area contributed by atoms with Crippen molar-refractivity contribution in [2.24, 2.45) is 0 Å². The zero-order valence-electron chi connectivity index (χ0n) is 15.5. The van der Waals surface area contributed by atoms with E-state index in [9.17, 15) is 19.7 Å². The Morgan fingerprint density at radius 3 is 2.86 bits per heavy atom. The SMILES string of the molecule is CCCOc1ccc(Cl)cc1NC(=O)CN1C(=O)COc2ccc([N+](=O)[O-])cc21. The highest BCUT2D eigenvalue weighted by atomic mass is 35.5. The molecule has 152 valence electrons. The quantitative estimate of drug-likeness (QED) is 0.543. The number of halogens is 1. The maximum absolute atomic E-state index is 12.6. The molecular weight excluding hydrogens is 402 g/mol. The molecule has 1 aliphatic heterocycles. The first-order valence-electron chi connectivity index (χ1n) is 8.83. The number of hydrogen-bond acceptors (Lipinski definition) is 6. The predicted molar refractivity (Wildman–Crippen MR) is 107 cm³/mol. The number of non-ortho nitro benzene ring substituents is 1. The Labute approximate surface area is 171 Å². The van der Waals surface area contributed by atoms with Crippen LogP contribution in [-0.4, -0.2) is 36.5 Å². The number of nitro benzene ring substituents is 1. The molecule has 0 spiro atoms. The van der Waals surface area contributed by atoms with Gasteiger partial charge in [0, 0.05) is 17.2 Å². The topological polar surface area (TPSA) is 111 Å². The van der Waals surface area contributed by atoms with Crippen molar-refractivity contribution < 1.29 is 24.0 Å². The van der Waals surface area contributed by atoms with Crippen LogP contribution in [-0.2, 0) is 9.59 Å². The van der Waals surface area contributed by atoms with Gasteiger partial charge in [0.25, 0.3) is 11.6 Å². The van der Waals surface area contributed by atoms with Crippen LogP contribution in [0.2, 0.25) is 5.02 Å². The van der Waals surface area contributed by atoms with Crippen molar-refractivity contribution in [3.63, 3.8) is 0 Å². The Balaban J connectivity index is 1.81. The standard InChI is InChI=1S/C19H18ClN3O6/c1-2-7-28-16-5-3-12(20)8-14(16)21-18(24)10-22-15-9-13(23(26)27)4-6-17(15)29-11-19(22)25/h3-6,8-9H,2,7,10-11H2,1H3,(H,21,24). The number of carbonyl (C=O) groups is 2. The van der Waals surface area contributed by atoms with Crippen molar-refractivity contribution in [2.45, 2.75) is 13.3 Å². The molecule has 1 N–H and O–H groups in total. The maximum atomic E-state index is 12.6. The minimum absolute atomic E-state index is 0.166. The summed E-state index contributed by atoms with van der Waals surface area (Å²) in [4.78, 5) is 36.5. The van der Waals surface area contributed by atoms with Gasteiger partial charge in [-0.3, -0.25) is 24.6 Å². The lowest BCUT2D eigenvalue weighted by atomic mass is 10.2. The van der Waals surface area contributed by atoms with Crippen molar-refractivity contribution >= 4 is 40.5 Å². The molecule has 0 fully saturated rings. The van der Waals surface area contributed by atoms with Crippen molar-refractivity contribution in [1.29, 1.82) is 0 Å². The lowest BCUT2D eigenvalue weighted by Gasteiger charge is -2.28. The van der Waals surface area contributed by atoms with Crippen molar-refractivity contribution in [3.8, 4) is 11.5 Å². The summed E-state index contributed by atoms with van der Waals surface area (Å²) in [6.07, 6.45) is 0.786. The summed E-state index contributed by atoms with van der Waals surface area (Å²) in [5, 5.41) is 14.1. The van der Waals surface area contributed by atoms with Gasteiger partial charge >= 0.3 is 0 Å². The highest BCUT2D eigenvalue weighted by Gasteiger charge is 2.29. The first-order valence-corrected chi connectivity index (χ1v) is 9.20. The highest BCUT2D eigenvalue weighted by Crippen LogP contribution is 2.35. The van der Waals surface area contributed by atoms with E-state index < -0.39 is 16.7 Å². The molecule has 9 nitrogen and oxygen atoms in total. The number of amides is 2. The molecule has 0 aromatic heterocycles. The third-order valence-corrected chi connectivity index (χ3v) is 4.31. The van der Waals surface area contributed by atoms with Gasteiger partial charge < -0.3 is 14.8 Å². The minimum Gasteiger partial charge on any atom is -0.491 e. The fourth-order valence-corrected chi connectivity index (χ4v) is 2.92. The van der Waals surface area contributed by atoms with E-state index in [-0.39, 0.29) is 30.3 Å². The molecule has 10 heteroatoms. The number of nitro groups is 1. The summed E-state index contributed by atoms with van der Waals surface area (Å²) in [7, 11) is 0. The Kier molecular flexibility index (Phi) is 6.18. The molecule has 3 rings (SSSR count). The molecule has 0 saturated carbocycles. The van der Waals surface area contributed by atoms with Crippen LogP contribution in [0.5, 0.6) is 11.5 Å².